The molecule has 0 aromatic heterocycles. The van der Waals surface area contributed by atoms with Crippen LogP contribution in [-0.2, 0) is 0 Å². The van der Waals surface area contributed by atoms with E-state index in [-0.39, 0.29) is 0 Å². The van der Waals surface area contributed by atoms with Gasteiger partial charge in [0.1, 0.15) is 0 Å². The number of hydrogen-bond donors (Lipinski definition) is 0. The topological polar surface area (TPSA) is 0 Å². The molecule has 36 bridgehead atoms. The van der Waals surface area contributed by atoms with Crippen molar-refractivity contribution in [1.29, 1.82) is 0 Å². The standard InChI is InChI=1S/C36H40.C24H28.C24H30.C16H20.C12H14.C7H8/c1-2-12-5-11(1)23-15-7-16(24(12)23)30-29(15)33-19-9-20(34(30)33)28-22-10-21(27(19)28)35-31-17-8-18(32(31)36(22)35)26-14-4-3-13(6-14)25(17)26;1-2-10-5-9(1)17-13-7-14(18(10)17)22-21(13)23-15-8-16(24(22)23)20-12-4-3-11(6-12)19(15)20;1-2-14-7-13(1)19-10-21-15-3-4-17(8-15)23(21)12-24-18-6-5-16(9-18)22(24)11-20(14)19;1-2-10-5-9(1)13-7-15-11-3-4-12(6-11)16(15)8-14(10)13;1-2-8-5-7(1)11-9-3-4-10(6-9)12(8)11;1-2-7-4-3-6(1)5-7/h1-4,11-34H,5-10H2;1-4,9-24H,5-8H2;1-6,13-24H,7-12H2;1-4,9-16H,5-8H2;1-4,7-12H,5-6H2;1-4,6-7H,5H2. The molecule has 0 N–H and O–H groups in total. The second-order valence-corrected chi connectivity index (χ2v) is 54.4. The molecule has 0 saturated heterocycles. The predicted octanol–water partition coefficient (Wildman–Crippen LogP) is 24.9. The van der Waals surface area contributed by atoms with Gasteiger partial charge in [0.05, 0.1) is 0 Å². The summed E-state index contributed by atoms with van der Waals surface area (Å²) in [7, 11) is 0. The molecule has 41 aliphatic carbocycles. The van der Waals surface area contributed by atoms with Gasteiger partial charge in [0.2, 0.25) is 0 Å². The van der Waals surface area contributed by atoms with Gasteiger partial charge >= 0.3 is 0 Å². The number of allylic oxidation sites excluding steroid dienone is 28. The van der Waals surface area contributed by atoms with Gasteiger partial charge in [-0.2, -0.15) is 0 Å². The molecule has 56 atom stereocenters. The largest absolute Gasteiger partial charge is 0.0848 e. The molecular formula is C119H140. The smallest absolute Gasteiger partial charge is 0.00445 e. The van der Waals surface area contributed by atoms with Gasteiger partial charge in [0.25, 0.3) is 0 Å². The minimum atomic E-state index is 0.810. The van der Waals surface area contributed by atoms with Crippen LogP contribution in [0.25, 0.3) is 0 Å². The normalized spacial score (nSPS) is 70.5. The average Bonchev–Trinajstić information content (AvgIpc) is 1.46. The van der Waals surface area contributed by atoms with E-state index in [0.717, 1.165) is 296 Å². The molecule has 41 aliphatic rings. The van der Waals surface area contributed by atoms with E-state index in [1.165, 1.54) is 158 Å². The Bertz CT molecular complexity index is 4430. The van der Waals surface area contributed by atoms with Crippen molar-refractivity contribution in [1.82, 2.24) is 0 Å². The zero-order valence-electron chi connectivity index (χ0n) is 71.5. The molecule has 0 heterocycles. The summed E-state index contributed by atoms with van der Waals surface area (Å²) in [6.45, 7) is 0. The Kier molecular flexibility index (Phi) is 12.6. The zero-order valence-corrected chi connectivity index (χ0v) is 71.5. The minimum absolute atomic E-state index is 0.810. The van der Waals surface area contributed by atoms with Crippen molar-refractivity contribution < 1.29 is 0 Å². The van der Waals surface area contributed by atoms with Gasteiger partial charge in [-0.3, -0.25) is 0 Å². The SMILES string of the molecule is C1=CC2C=CC1C2.C1=CC2CC1C1C3C=CC(C3)C21.C1=CC2CC1C1C3CC(C21)C1C3C2C3CC(C4C5C=CC(C5)C34)C12.C1=CC2CC1C1C3CC(C4C5=C(C6CC5C5C7CC(C65)C5C6C8CC(C9C%10C=CC(C%10)C89)C6C75)C34)C21.C1=CC2CC1C1CC3C4C=CC(C4)C3CC21.C1=CC2CC1C1CC3C4C=CC(C4)C3CC3C4C=CC(C4)C3CC21. The molecule has 56 unspecified atom stereocenters. The van der Waals surface area contributed by atoms with Gasteiger partial charge in [0.15, 0.2) is 0 Å². The van der Waals surface area contributed by atoms with Crippen molar-refractivity contribution in [2.45, 2.75) is 148 Å². The predicted molar refractivity (Wildman–Crippen MR) is 469 cm³/mol. The summed E-state index contributed by atoms with van der Waals surface area (Å²) in [4.78, 5) is 0. The summed E-state index contributed by atoms with van der Waals surface area (Å²) < 4.78 is 0. The van der Waals surface area contributed by atoms with Crippen molar-refractivity contribution in [2.75, 3.05) is 0 Å². The third kappa shape index (κ3) is 7.83. The summed E-state index contributed by atoms with van der Waals surface area (Å²) in [5.74, 6) is 73.5. The van der Waals surface area contributed by atoms with Crippen LogP contribution in [0.3, 0.4) is 0 Å². The highest BCUT2D eigenvalue weighted by atomic mass is 14.9. The Morgan fingerprint density at radius 3 is 0.471 bits per heavy atom. The van der Waals surface area contributed by atoms with Gasteiger partial charge in [0, 0.05) is 0 Å². The molecule has 0 spiro atoms. The van der Waals surface area contributed by atoms with E-state index in [0.29, 0.717) is 0 Å². The Balaban J connectivity index is 0.0000000686. The van der Waals surface area contributed by atoms with E-state index in [4.69, 9.17) is 0 Å². The zero-order chi connectivity index (χ0) is 75.1. The van der Waals surface area contributed by atoms with Gasteiger partial charge in [-0.25, -0.2) is 0 Å². The highest BCUT2D eigenvalue weighted by Gasteiger charge is 2.84. The first-order chi connectivity index (χ1) is 58.9. The summed E-state index contributed by atoms with van der Waals surface area (Å²) >= 11 is 0. The van der Waals surface area contributed by atoms with Crippen LogP contribution in [0.2, 0.25) is 0 Å². The Labute approximate surface area is 714 Å². The van der Waals surface area contributed by atoms with Crippen LogP contribution in [-0.4, -0.2) is 0 Å². The lowest BCUT2D eigenvalue weighted by molar-refractivity contribution is -0.154. The molecule has 0 radical (unpaired) electrons. The fraction of sp³-hybridized carbons (Fsp3) is 0.765. The third-order valence-electron chi connectivity index (χ3n) is 53.7. The number of fused-ring (bicyclic) bond motifs is 104. The fourth-order valence-corrected chi connectivity index (χ4v) is 52.5. The van der Waals surface area contributed by atoms with Gasteiger partial charge in [-0.1, -0.05) is 169 Å². The molecule has 119 heavy (non-hydrogen) atoms. The lowest BCUT2D eigenvalue weighted by atomic mass is 9.40. The molecule has 26 fully saturated rings. The van der Waals surface area contributed by atoms with Crippen LogP contribution >= 0.6 is 0 Å². The summed E-state index contributed by atoms with van der Waals surface area (Å²) in [5.41, 5.74) is 4.41. The van der Waals surface area contributed by atoms with Crippen LogP contribution < -0.4 is 0 Å². The average molecular weight is 1570 g/mol. The monoisotopic (exact) mass is 1570 g/mol. The van der Waals surface area contributed by atoms with E-state index >= 15 is 0 Å². The summed E-state index contributed by atoms with van der Waals surface area (Å²) in [5, 5.41) is 0. The molecule has 0 nitrogen and oxygen atoms in total. The fourth-order valence-electron chi connectivity index (χ4n) is 52.5. The van der Waals surface area contributed by atoms with E-state index in [2.05, 4.69) is 169 Å². The maximum absolute atomic E-state index is 2.69. The first kappa shape index (κ1) is 66.7. The third-order valence-corrected chi connectivity index (χ3v) is 53.7. The second kappa shape index (κ2) is 22.5. The first-order valence-electron chi connectivity index (χ1n) is 54.5. The van der Waals surface area contributed by atoms with E-state index < -0.39 is 0 Å². The Morgan fingerprint density at radius 2 is 0.269 bits per heavy atom. The van der Waals surface area contributed by atoms with E-state index in [1.54, 1.807) is 96.3 Å². The second-order valence-electron chi connectivity index (χ2n) is 54.4. The molecule has 41 rings (SSSR count). The van der Waals surface area contributed by atoms with Gasteiger partial charge < -0.3 is 0 Å². The Hall–Kier alpha value is -3.64. The highest BCUT2D eigenvalue weighted by molar-refractivity contribution is 5.52. The molecule has 0 aliphatic heterocycles. The van der Waals surface area contributed by atoms with Crippen LogP contribution in [0.15, 0.2) is 169 Å². The maximum Gasteiger partial charge on any atom is -0.00445 e. The molecule has 0 heteroatoms. The van der Waals surface area contributed by atoms with Crippen molar-refractivity contribution in [3.8, 4) is 0 Å². The molecule has 0 aromatic carbocycles. The quantitative estimate of drug-likeness (QED) is 0.168. The van der Waals surface area contributed by atoms with Gasteiger partial charge in [-0.05, 0) is 550 Å². The van der Waals surface area contributed by atoms with Gasteiger partial charge in [-0.15, -0.1) is 0 Å². The molecule has 0 aromatic rings. The van der Waals surface area contributed by atoms with Crippen LogP contribution in [0.1, 0.15) is 148 Å². The molecule has 616 valence electrons. The maximum atomic E-state index is 2.69. The highest BCUT2D eigenvalue weighted by Crippen LogP contribution is 2.90. The molecular weight excluding hydrogens is 1430 g/mol. The van der Waals surface area contributed by atoms with Crippen molar-refractivity contribution in [3.05, 3.63) is 169 Å². The minimum Gasteiger partial charge on any atom is -0.0848 e. The Morgan fingerprint density at radius 1 is 0.109 bits per heavy atom. The summed E-state index contributed by atoms with van der Waals surface area (Å²) in [6, 6.07) is 0. The summed E-state index contributed by atoms with van der Waals surface area (Å²) in [6.07, 6.45) is 103. The lowest BCUT2D eigenvalue weighted by Crippen LogP contribution is -2.60. The van der Waals surface area contributed by atoms with Crippen molar-refractivity contribution in [2.24, 2.45) is 402 Å². The first-order valence-corrected chi connectivity index (χ1v) is 54.5. The molecule has 26 saturated carbocycles. The number of rotatable bonds is 0. The van der Waals surface area contributed by atoms with Crippen LogP contribution in [0, 0.1) is 402 Å². The lowest BCUT2D eigenvalue weighted by Gasteiger charge is -2.64. The van der Waals surface area contributed by atoms with Crippen molar-refractivity contribution >= 4 is 0 Å². The van der Waals surface area contributed by atoms with E-state index in [1.807, 2.05) is 0 Å². The van der Waals surface area contributed by atoms with Crippen LogP contribution in [0.5, 0.6) is 0 Å². The number of hydrogen-bond acceptors (Lipinski definition) is 0. The van der Waals surface area contributed by atoms with E-state index in [9.17, 15) is 0 Å². The molecule has 0 amide bonds. The van der Waals surface area contributed by atoms with Crippen molar-refractivity contribution in [3.63, 3.8) is 0 Å². The van der Waals surface area contributed by atoms with Crippen LogP contribution in [0.4, 0.5) is 0 Å².